The first-order chi connectivity index (χ1) is 15.1. The van der Waals surface area contributed by atoms with E-state index in [9.17, 15) is 15.3 Å². The summed E-state index contributed by atoms with van der Waals surface area (Å²) in [5.41, 5.74) is 5.86. The molecule has 0 radical (unpaired) electrons. The smallest absolute Gasteiger partial charge is 0.115 e. The summed E-state index contributed by atoms with van der Waals surface area (Å²) in [4.78, 5) is 0. The Morgan fingerprint density at radius 2 is 0.710 bits per heavy atom. The molecule has 0 aliphatic heterocycles. The number of phenolic OH excluding ortho intramolecular Hbond substituents is 3. The van der Waals surface area contributed by atoms with Gasteiger partial charge in [0.1, 0.15) is 17.2 Å². The summed E-state index contributed by atoms with van der Waals surface area (Å²) >= 11 is 0. The van der Waals surface area contributed by atoms with E-state index in [-0.39, 0.29) is 17.4 Å². The summed E-state index contributed by atoms with van der Waals surface area (Å²) in [6.45, 7) is 0. The maximum atomic E-state index is 9.69. The van der Waals surface area contributed by atoms with Crippen molar-refractivity contribution in [3.8, 4) is 17.2 Å². The van der Waals surface area contributed by atoms with E-state index in [2.05, 4.69) is 24.3 Å². The Bertz CT molecular complexity index is 1050. The molecule has 0 heterocycles. The van der Waals surface area contributed by atoms with E-state index in [4.69, 9.17) is 0 Å². The van der Waals surface area contributed by atoms with Gasteiger partial charge in [0.05, 0.1) is 0 Å². The van der Waals surface area contributed by atoms with Crippen LogP contribution in [0.2, 0.25) is 0 Å². The summed E-state index contributed by atoms with van der Waals surface area (Å²) in [5.74, 6) is 0.817. The molecule has 0 atom stereocenters. The first-order valence-electron chi connectivity index (χ1n) is 10.5. The predicted molar refractivity (Wildman–Crippen MR) is 124 cm³/mol. The highest BCUT2D eigenvalue weighted by Crippen LogP contribution is 2.33. The molecule has 4 aromatic carbocycles. The molecule has 4 aromatic rings. The zero-order chi connectivity index (χ0) is 21.6. The number of hydrogen-bond acceptors (Lipinski definition) is 3. The molecule has 0 saturated heterocycles. The van der Waals surface area contributed by atoms with Gasteiger partial charge < -0.3 is 15.3 Å². The van der Waals surface area contributed by atoms with E-state index in [1.165, 1.54) is 16.7 Å². The Morgan fingerprint density at radius 1 is 0.419 bits per heavy atom. The molecule has 0 fully saturated rings. The van der Waals surface area contributed by atoms with Crippen molar-refractivity contribution in [2.75, 3.05) is 0 Å². The van der Waals surface area contributed by atoms with Crippen LogP contribution in [0.3, 0.4) is 0 Å². The van der Waals surface area contributed by atoms with Crippen LogP contribution in [-0.2, 0) is 12.8 Å². The van der Waals surface area contributed by atoms with E-state index < -0.39 is 0 Å². The van der Waals surface area contributed by atoms with Crippen LogP contribution in [0.5, 0.6) is 17.2 Å². The van der Waals surface area contributed by atoms with Crippen molar-refractivity contribution >= 4 is 0 Å². The summed E-state index contributed by atoms with van der Waals surface area (Å²) in [6, 6.07) is 30.7. The molecule has 0 bridgehead atoms. The fourth-order valence-electron chi connectivity index (χ4n) is 3.95. The van der Waals surface area contributed by atoms with E-state index in [1.807, 2.05) is 36.4 Å². The van der Waals surface area contributed by atoms with Crippen LogP contribution in [0.1, 0.15) is 40.2 Å². The van der Waals surface area contributed by atoms with Crippen molar-refractivity contribution in [1.82, 2.24) is 0 Å². The van der Waals surface area contributed by atoms with Gasteiger partial charge in [-0.3, -0.25) is 0 Å². The highest BCUT2D eigenvalue weighted by Gasteiger charge is 2.17. The monoisotopic (exact) mass is 410 g/mol. The molecule has 0 unspecified atom stereocenters. The topological polar surface area (TPSA) is 60.7 Å². The SMILES string of the molecule is Oc1ccc(CCCc2ccc(C(c3ccc(O)cc3)c3ccc(O)cc3)cc2)cc1. The second kappa shape index (κ2) is 9.40. The molecule has 0 saturated carbocycles. The van der Waals surface area contributed by atoms with Crippen molar-refractivity contribution < 1.29 is 15.3 Å². The Balaban J connectivity index is 1.51. The van der Waals surface area contributed by atoms with Crippen LogP contribution in [0.25, 0.3) is 0 Å². The fourth-order valence-corrected chi connectivity index (χ4v) is 3.95. The molecule has 4 rings (SSSR count). The number of phenols is 3. The molecule has 0 aliphatic carbocycles. The minimum absolute atomic E-state index is 0.0206. The number of aromatic hydroxyl groups is 3. The lowest BCUT2D eigenvalue weighted by molar-refractivity contribution is 0.474. The number of rotatable bonds is 7. The summed E-state index contributed by atoms with van der Waals surface area (Å²) in [5, 5.41) is 28.8. The molecule has 3 nitrogen and oxygen atoms in total. The third kappa shape index (κ3) is 5.26. The van der Waals surface area contributed by atoms with Crippen LogP contribution in [0.15, 0.2) is 97.1 Å². The van der Waals surface area contributed by atoms with Crippen molar-refractivity contribution in [3.63, 3.8) is 0 Å². The molecule has 0 aromatic heterocycles. The molecule has 3 N–H and O–H groups in total. The minimum atomic E-state index is 0.0206. The highest BCUT2D eigenvalue weighted by atomic mass is 16.3. The molecular weight excluding hydrogens is 384 g/mol. The van der Waals surface area contributed by atoms with Gasteiger partial charge in [-0.15, -0.1) is 0 Å². The average Bonchev–Trinajstić information content (AvgIpc) is 2.79. The standard InChI is InChI=1S/C28H26O3/c29-25-14-6-21(7-15-25)3-1-2-20-4-8-22(9-5-20)28(23-10-16-26(30)17-11-23)24-12-18-27(31)19-13-24/h4-19,28-31H,1-3H2. The molecule has 0 aliphatic rings. The molecular formula is C28H26O3. The third-order valence-corrected chi connectivity index (χ3v) is 5.63. The molecule has 0 amide bonds. The molecule has 156 valence electrons. The van der Waals surface area contributed by atoms with Gasteiger partial charge in [0.25, 0.3) is 0 Å². The second-order valence-corrected chi connectivity index (χ2v) is 7.88. The number of aryl methyl sites for hydroxylation is 2. The molecule has 3 heteroatoms. The molecule has 0 spiro atoms. The van der Waals surface area contributed by atoms with E-state index in [0.717, 1.165) is 30.4 Å². The third-order valence-electron chi connectivity index (χ3n) is 5.63. The lowest BCUT2D eigenvalue weighted by Crippen LogP contribution is -2.03. The summed E-state index contributed by atoms with van der Waals surface area (Å²) in [6.07, 6.45) is 3.01. The first-order valence-corrected chi connectivity index (χ1v) is 10.5. The van der Waals surface area contributed by atoms with Crippen molar-refractivity contribution in [2.45, 2.75) is 25.2 Å². The van der Waals surface area contributed by atoms with Crippen molar-refractivity contribution in [1.29, 1.82) is 0 Å². The lowest BCUT2D eigenvalue weighted by atomic mass is 9.84. The number of hydrogen-bond donors (Lipinski definition) is 3. The summed E-state index contributed by atoms with van der Waals surface area (Å²) < 4.78 is 0. The van der Waals surface area contributed by atoms with Gasteiger partial charge in [-0.1, -0.05) is 60.7 Å². The fraction of sp³-hybridized carbons (Fsp3) is 0.143. The second-order valence-electron chi connectivity index (χ2n) is 7.88. The first kappa shape index (κ1) is 20.5. The Morgan fingerprint density at radius 3 is 1.10 bits per heavy atom. The van der Waals surface area contributed by atoms with Crippen LogP contribution in [0.4, 0.5) is 0 Å². The normalized spacial score (nSPS) is 11.0. The largest absolute Gasteiger partial charge is 0.508 e. The minimum Gasteiger partial charge on any atom is -0.508 e. The quantitative estimate of drug-likeness (QED) is 0.320. The highest BCUT2D eigenvalue weighted by molar-refractivity contribution is 5.46. The van der Waals surface area contributed by atoms with Crippen LogP contribution >= 0.6 is 0 Å². The van der Waals surface area contributed by atoms with E-state index >= 15 is 0 Å². The van der Waals surface area contributed by atoms with Gasteiger partial charge >= 0.3 is 0 Å². The Labute approximate surface area is 182 Å². The zero-order valence-corrected chi connectivity index (χ0v) is 17.3. The van der Waals surface area contributed by atoms with Gasteiger partial charge in [-0.05, 0) is 83.5 Å². The Kier molecular flexibility index (Phi) is 6.23. The van der Waals surface area contributed by atoms with Gasteiger partial charge in [-0.25, -0.2) is 0 Å². The maximum absolute atomic E-state index is 9.69. The average molecular weight is 411 g/mol. The van der Waals surface area contributed by atoms with E-state index in [0.29, 0.717) is 5.75 Å². The predicted octanol–water partition coefficient (Wildman–Crippen LogP) is 6.16. The van der Waals surface area contributed by atoms with Gasteiger partial charge in [-0.2, -0.15) is 0 Å². The van der Waals surface area contributed by atoms with Crippen molar-refractivity contribution in [3.05, 3.63) is 125 Å². The van der Waals surface area contributed by atoms with E-state index in [1.54, 1.807) is 36.4 Å². The van der Waals surface area contributed by atoms with Gasteiger partial charge in [0, 0.05) is 5.92 Å². The number of benzene rings is 4. The molecule has 31 heavy (non-hydrogen) atoms. The Hall–Kier alpha value is -3.72. The van der Waals surface area contributed by atoms with Gasteiger partial charge in [0.15, 0.2) is 0 Å². The van der Waals surface area contributed by atoms with Crippen molar-refractivity contribution in [2.24, 2.45) is 0 Å². The van der Waals surface area contributed by atoms with Crippen LogP contribution in [-0.4, -0.2) is 15.3 Å². The maximum Gasteiger partial charge on any atom is 0.115 e. The van der Waals surface area contributed by atoms with Gasteiger partial charge in [0.2, 0.25) is 0 Å². The van der Waals surface area contributed by atoms with Crippen LogP contribution < -0.4 is 0 Å². The van der Waals surface area contributed by atoms with Crippen LogP contribution in [0, 0.1) is 0 Å². The lowest BCUT2D eigenvalue weighted by Gasteiger charge is -2.19. The summed E-state index contributed by atoms with van der Waals surface area (Å²) in [7, 11) is 0. The zero-order valence-electron chi connectivity index (χ0n) is 17.3.